The number of benzene rings is 2. The number of nitrogens with two attached hydrogens (primary N) is 1. The van der Waals surface area contributed by atoms with Crippen LogP contribution < -0.4 is 10.5 Å². The molecule has 0 saturated heterocycles. The van der Waals surface area contributed by atoms with Gasteiger partial charge in [0.05, 0.1) is 0 Å². The van der Waals surface area contributed by atoms with Crippen molar-refractivity contribution in [2.24, 2.45) is 5.73 Å². The van der Waals surface area contributed by atoms with Crippen LogP contribution in [0.1, 0.15) is 18.5 Å². The average molecular weight is 259 g/mol. The summed E-state index contributed by atoms with van der Waals surface area (Å²) in [5, 5.41) is 0. The maximum absolute atomic E-state index is 5.99. The zero-order valence-electron chi connectivity index (χ0n) is 10.6. The molecule has 2 aromatic rings. The van der Waals surface area contributed by atoms with Crippen LogP contribution in [0.25, 0.3) is 0 Å². The molecule has 94 valence electrons. The van der Waals surface area contributed by atoms with Gasteiger partial charge >= 0.3 is 0 Å². The molecule has 2 N–H and O–H groups in total. The summed E-state index contributed by atoms with van der Waals surface area (Å²) in [6.07, 6.45) is 2.04. The molecule has 0 unspecified atom stereocenters. The predicted octanol–water partition coefficient (Wildman–Crippen LogP) is 4.22. The van der Waals surface area contributed by atoms with Gasteiger partial charge in [0.1, 0.15) is 11.5 Å². The molecule has 18 heavy (non-hydrogen) atoms. The normalized spacial score (nSPS) is 12.2. The van der Waals surface area contributed by atoms with Gasteiger partial charge in [-0.25, -0.2) is 0 Å². The quantitative estimate of drug-likeness (QED) is 0.835. The molecule has 0 saturated carbocycles. The molecule has 0 aliphatic heterocycles. The smallest absolute Gasteiger partial charge is 0.140 e. The Morgan fingerprint density at radius 2 is 1.61 bits per heavy atom. The van der Waals surface area contributed by atoms with E-state index in [9.17, 15) is 0 Å². The fourth-order valence-corrected chi connectivity index (χ4v) is 2.30. The lowest BCUT2D eigenvalue weighted by Gasteiger charge is -2.15. The number of rotatable bonds is 4. The van der Waals surface area contributed by atoms with Crippen molar-refractivity contribution in [1.29, 1.82) is 0 Å². The molecule has 1 atom stereocenters. The lowest BCUT2D eigenvalue weighted by atomic mass is 10.1. The van der Waals surface area contributed by atoms with E-state index in [0.717, 1.165) is 22.0 Å². The Bertz CT molecular complexity index is 525. The van der Waals surface area contributed by atoms with E-state index in [4.69, 9.17) is 10.5 Å². The Balaban J connectivity index is 2.34. The minimum Gasteiger partial charge on any atom is -0.456 e. The van der Waals surface area contributed by atoms with Crippen molar-refractivity contribution < 1.29 is 4.74 Å². The number of thioether (sulfide) groups is 1. The third-order valence-corrected chi connectivity index (χ3v) is 3.48. The largest absolute Gasteiger partial charge is 0.456 e. The van der Waals surface area contributed by atoms with Gasteiger partial charge in [-0.15, -0.1) is 11.8 Å². The Kier molecular flexibility index (Phi) is 4.28. The second kappa shape index (κ2) is 5.94. The molecule has 0 spiro atoms. The number of hydrogen-bond acceptors (Lipinski definition) is 3. The highest BCUT2D eigenvalue weighted by molar-refractivity contribution is 7.98. The first-order chi connectivity index (χ1) is 8.72. The zero-order chi connectivity index (χ0) is 13.0. The second-order valence-corrected chi connectivity index (χ2v) is 4.93. The Labute approximate surface area is 112 Å². The molecule has 2 aromatic carbocycles. The van der Waals surface area contributed by atoms with E-state index in [1.807, 2.05) is 55.6 Å². The fourth-order valence-electron chi connectivity index (χ4n) is 1.77. The Hall–Kier alpha value is -1.45. The minimum absolute atomic E-state index is 0.0392. The van der Waals surface area contributed by atoms with E-state index in [-0.39, 0.29) is 6.04 Å². The molecule has 0 aliphatic rings. The third-order valence-electron chi connectivity index (χ3n) is 2.70. The van der Waals surface area contributed by atoms with Crippen LogP contribution in [0, 0.1) is 0 Å². The summed E-state index contributed by atoms with van der Waals surface area (Å²) in [5.41, 5.74) is 6.98. The van der Waals surface area contributed by atoms with Crippen molar-refractivity contribution in [3.8, 4) is 11.5 Å². The van der Waals surface area contributed by atoms with Crippen LogP contribution in [0.15, 0.2) is 53.4 Å². The summed E-state index contributed by atoms with van der Waals surface area (Å²) in [6.45, 7) is 1.96. The maximum atomic E-state index is 5.99. The highest BCUT2D eigenvalue weighted by Crippen LogP contribution is 2.34. The highest BCUT2D eigenvalue weighted by Gasteiger charge is 2.09. The first kappa shape index (κ1) is 13.0. The number of hydrogen-bond donors (Lipinski definition) is 1. The molecule has 0 aromatic heterocycles. The molecule has 0 radical (unpaired) electrons. The third kappa shape index (κ3) is 2.86. The summed E-state index contributed by atoms with van der Waals surface area (Å²) in [6, 6.07) is 15.9. The van der Waals surface area contributed by atoms with Crippen LogP contribution in [0.4, 0.5) is 0 Å². The van der Waals surface area contributed by atoms with Crippen LogP contribution in [0.3, 0.4) is 0 Å². The molecule has 0 bridgehead atoms. The van der Waals surface area contributed by atoms with E-state index in [0.29, 0.717) is 0 Å². The van der Waals surface area contributed by atoms with E-state index >= 15 is 0 Å². The second-order valence-electron chi connectivity index (χ2n) is 4.08. The van der Waals surface area contributed by atoms with Gasteiger partial charge in [-0.2, -0.15) is 0 Å². The van der Waals surface area contributed by atoms with Crippen molar-refractivity contribution in [2.45, 2.75) is 17.9 Å². The fraction of sp³-hybridized carbons (Fsp3) is 0.200. The van der Waals surface area contributed by atoms with Crippen LogP contribution >= 0.6 is 11.8 Å². The topological polar surface area (TPSA) is 35.2 Å². The number of para-hydroxylation sites is 2. The number of ether oxygens (including phenoxy) is 1. The van der Waals surface area contributed by atoms with Crippen molar-refractivity contribution >= 4 is 11.8 Å². The highest BCUT2D eigenvalue weighted by atomic mass is 32.2. The summed E-state index contributed by atoms with van der Waals surface area (Å²) in [4.78, 5) is 1.12. The Morgan fingerprint density at radius 1 is 1.00 bits per heavy atom. The van der Waals surface area contributed by atoms with Crippen LogP contribution in [-0.4, -0.2) is 6.26 Å². The van der Waals surface area contributed by atoms with E-state index < -0.39 is 0 Å². The first-order valence-electron chi connectivity index (χ1n) is 5.87. The van der Waals surface area contributed by atoms with Gasteiger partial charge in [-0.1, -0.05) is 30.3 Å². The van der Waals surface area contributed by atoms with Crippen LogP contribution in [0.5, 0.6) is 11.5 Å². The molecule has 3 heteroatoms. The molecule has 0 heterocycles. The molecule has 0 fully saturated rings. The average Bonchev–Trinajstić information content (AvgIpc) is 2.40. The molecular formula is C15H17NOS. The lowest BCUT2D eigenvalue weighted by Crippen LogP contribution is -2.06. The van der Waals surface area contributed by atoms with Gasteiger partial charge in [0.15, 0.2) is 0 Å². The van der Waals surface area contributed by atoms with Gasteiger partial charge in [-0.05, 0) is 31.4 Å². The standard InChI is InChI=1S/C15H17NOS/c1-11(16)12-7-3-4-8-13(12)17-14-9-5-6-10-15(14)18-2/h3-11H,16H2,1-2H3/t11-/m0/s1. The Morgan fingerprint density at radius 3 is 2.28 bits per heavy atom. The van der Waals surface area contributed by atoms with E-state index in [2.05, 4.69) is 6.07 Å². The van der Waals surface area contributed by atoms with E-state index in [1.165, 1.54) is 0 Å². The van der Waals surface area contributed by atoms with Crippen molar-refractivity contribution in [3.63, 3.8) is 0 Å². The summed E-state index contributed by atoms with van der Waals surface area (Å²) >= 11 is 1.67. The van der Waals surface area contributed by atoms with Gasteiger partial charge in [0.25, 0.3) is 0 Å². The van der Waals surface area contributed by atoms with Crippen LogP contribution in [-0.2, 0) is 0 Å². The molecule has 0 amide bonds. The lowest BCUT2D eigenvalue weighted by molar-refractivity contribution is 0.461. The monoisotopic (exact) mass is 259 g/mol. The van der Waals surface area contributed by atoms with Gasteiger partial charge < -0.3 is 10.5 Å². The van der Waals surface area contributed by atoms with Crippen LogP contribution in [0.2, 0.25) is 0 Å². The summed E-state index contributed by atoms with van der Waals surface area (Å²) in [7, 11) is 0. The van der Waals surface area contributed by atoms with Crippen molar-refractivity contribution in [2.75, 3.05) is 6.26 Å². The molecular weight excluding hydrogens is 242 g/mol. The van der Waals surface area contributed by atoms with Gasteiger partial charge in [-0.3, -0.25) is 0 Å². The zero-order valence-corrected chi connectivity index (χ0v) is 11.4. The van der Waals surface area contributed by atoms with E-state index in [1.54, 1.807) is 11.8 Å². The SMILES string of the molecule is CSc1ccccc1Oc1ccccc1[C@H](C)N. The summed E-state index contributed by atoms with van der Waals surface area (Å²) < 4.78 is 5.99. The molecule has 0 aliphatic carbocycles. The summed E-state index contributed by atoms with van der Waals surface area (Å²) in [5.74, 6) is 1.70. The molecule has 2 nitrogen and oxygen atoms in total. The molecule has 2 rings (SSSR count). The van der Waals surface area contributed by atoms with Gasteiger partial charge in [0, 0.05) is 16.5 Å². The van der Waals surface area contributed by atoms with Gasteiger partial charge in [0.2, 0.25) is 0 Å². The predicted molar refractivity (Wildman–Crippen MR) is 77.3 cm³/mol. The van der Waals surface area contributed by atoms with Crippen molar-refractivity contribution in [1.82, 2.24) is 0 Å². The van der Waals surface area contributed by atoms with Crippen molar-refractivity contribution in [3.05, 3.63) is 54.1 Å². The first-order valence-corrected chi connectivity index (χ1v) is 7.10. The minimum atomic E-state index is -0.0392. The maximum Gasteiger partial charge on any atom is 0.140 e.